The van der Waals surface area contributed by atoms with Crippen molar-refractivity contribution >= 4 is 34.7 Å². The summed E-state index contributed by atoms with van der Waals surface area (Å²) in [5.41, 5.74) is 1.06. The van der Waals surface area contributed by atoms with Gasteiger partial charge in [0.05, 0.1) is 20.7 Å². The van der Waals surface area contributed by atoms with E-state index < -0.39 is 0 Å². The maximum absolute atomic E-state index is 12.3. The largest absolute Gasteiger partial charge is 0.324 e. The molecule has 102 valence electrons. The Morgan fingerprint density at radius 2 is 2.20 bits per heavy atom. The molecule has 0 spiro atoms. The molecule has 3 nitrogen and oxygen atoms in total. The summed E-state index contributed by atoms with van der Waals surface area (Å²) in [6, 6.07) is 13.1. The first-order chi connectivity index (χ1) is 9.74. The van der Waals surface area contributed by atoms with E-state index in [-0.39, 0.29) is 11.2 Å². The van der Waals surface area contributed by atoms with Crippen LogP contribution in [-0.4, -0.2) is 11.2 Å². The van der Waals surface area contributed by atoms with Crippen molar-refractivity contribution in [3.8, 4) is 6.07 Å². The van der Waals surface area contributed by atoms with E-state index in [0.29, 0.717) is 11.3 Å². The number of anilines is 1. The van der Waals surface area contributed by atoms with Crippen LogP contribution >= 0.6 is 23.1 Å². The number of amides is 1. The first-order valence-corrected chi connectivity index (χ1v) is 8.00. The summed E-state index contributed by atoms with van der Waals surface area (Å²) < 4.78 is 1.13. The fourth-order valence-electron chi connectivity index (χ4n) is 1.70. The average molecular weight is 302 g/mol. The predicted octanol–water partition coefficient (Wildman–Crippen LogP) is 4.13. The molecule has 1 N–H and O–H groups in total. The van der Waals surface area contributed by atoms with Gasteiger partial charge in [0.1, 0.15) is 6.07 Å². The molecule has 0 fully saturated rings. The van der Waals surface area contributed by atoms with Gasteiger partial charge < -0.3 is 5.32 Å². The molecule has 0 aliphatic rings. The summed E-state index contributed by atoms with van der Waals surface area (Å²) in [5, 5.41) is 13.7. The van der Waals surface area contributed by atoms with Crippen LogP contribution in [0.3, 0.4) is 0 Å². The molecule has 0 aliphatic carbocycles. The highest BCUT2D eigenvalue weighted by Gasteiger charge is 2.19. The molecule has 0 aliphatic heterocycles. The molecule has 1 heterocycles. The lowest BCUT2D eigenvalue weighted by atomic mass is 10.2. The minimum absolute atomic E-state index is 0.0615. The lowest BCUT2D eigenvalue weighted by Gasteiger charge is -2.14. The Morgan fingerprint density at radius 3 is 2.85 bits per heavy atom. The van der Waals surface area contributed by atoms with Gasteiger partial charge in [0, 0.05) is 0 Å². The number of carbonyl (C=O) groups excluding carboxylic acids is 1. The number of nitrogens with one attached hydrogen (secondary N) is 1. The number of thiophene rings is 1. The molecule has 2 aromatic rings. The smallest absolute Gasteiger partial charge is 0.237 e. The number of hydrogen-bond donors (Lipinski definition) is 1. The van der Waals surface area contributed by atoms with Gasteiger partial charge in [-0.3, -0.25) is 4.79 Å². The molecule has 0 bridgehead atoms. The van der Waals surface area contributed by atoms with E-state index in [1.165, 1.54) is 0 Å². The van der Waals surface area contributed by atoms with E-state index in [1.54, 1.807) is 41.3 Å². The lowest BCUT2D eigenvalue weighted by Crippen LogP contribution is -2.24. The van der Waals surface area contributed by atoms with Crippen molar-refractivity contribution in [3.05, 3.63) is 47.3 Å². The Kier molecular flexibility index (Phi) is 5.22. The van der Waals surface area contributed by atoms with Crippen LogP contribution in [0.5, 0.6) is 0 Å². The number of hydrogen-bond acceptors (Lipinski definition) is 4. The molecule has 0 saturated carbocycles. The zero-order valence-electron chi connectivity index (χ0n) is 11.0. The second-order valence-corrected chi connectivity index (χ2v) is 6.54. The first-order valence-electron chi connectivity index (χ1n) is 6.24. The van der Waals surface area contributed by atoms with E-state index in [1.807, 2.05) is 30.5 Å². The zero-order valence-corrected chi connectivity index (χ0v) is 12.6. The van der Waals surface area contributed by atoms with Crippen molar-refractivity contribution in [1.29, 1.82) is 5.26 Å². The third-order valence-corrected chi connectivity index (χ3v) is 5.16. The molecular weight excluding hydrogens is 288 g/mol. The maximum atomic E-state index is 12.3. The highest BCUT2D eigenvalue weighted by Crippen LogP contribution is 2.30. The Hall–Kier alpha value is -1.77. The molecular formula is C15H14N2OS2. The van der Waals surface area contributed by atoms with Crippen molar-refractivity contribution in [3.63, 3.8) is 0 Å². The molecule has 20 heavy (non-hydrogen) atoms. The van der Waals surface area contributed by atoms with Gasteiger partial charge in [0.25, 0.3) is 0 Å². The van der Waals surface area contributed by atoms with Crippen molar-refractivity contribution in [1.82, 2.24) is 0 Å². The third kappa shape index (κ3) is 3.62. The molecule has 1 aromatic carbocycles. The predicted molar refractivity (Wildman–Crippen MR) is 84.0 cm³/mol. The SMILES string of the molecule is CCC(Sc1cccs1)C(=O)Nc1ccccc1C#N. The van der Waals surface area contributed by atoms with Gasteiger partial charge in [-0.25, -0.2) is 0 Å². The second kappa shape index (κ2) is 7.13. The summed E-state index contributed by atoms with van der Waals surface area (Å²) in [7, 11) is 0. The van der Waals surface area contributed by atoms with Gasteiger partial charge in [-0.1, -0.05) is 25.1 Å². The number of nitriles is 1. The average Bonchev–Trinajstić information content (AvgIpc) is 2.98. The van der Waals surface area contributed by atoms with Crippen LogP contribution in [0.15, 0.2) is 46.0 Å². The zero-order chi connectivity index (χ0) is 14.4. The van der Waals surface area contributed by atoms with Crippen molar-refractivity contribution in [2.75, 3.05) is 5.32 Å². The van der Waals surface area contributed by atoms with Crippen LogP contribution in [0.25, 0.3) is 0 Å². The first kappa shape index (κ1) is 14.6. The Bertz CT molecular complexity index is 617. The van der Waals surface area contributed by atoms with Gasteiger partial charge in [0.2, 0.25) is 5.91 Å². The van der Waals surface area contributed by atoms with Crippen LogP contribution in [-0.2, 0) is 4.79 Å². The Labute approximate surface area is 126 Å². The van der Waals surface area contributed by atoms with Gasteiger partial charge in [-0.2, -0.15) is 5.26 Å². The van der Waals surface area contributed by atoms with Gasteiger partial charge >= 0.3 is 0 Å². The van der Waals surface area contributed by atoms with Crippen molar-refractivity contribution in [2.24, 2.45) is 0 Å². The lowest BCUT2D eigenvalue weighted by molar-refractivity contribution is -0.115. The van der Waals surface area contributed by atoms with E-state index >= 15 is 0 Å². The standard InChI is InChI=1S/C15H14N2OS2/c1-2-13(20-14-8-5-9-19-14)15(18)17-12-7-4-3-6-11(12)10-16/h3-9,13H,2H2,1H3,(H,17,18). The molecule has 1 aromatic heterocycles. The molecule has 0 saturated heterocycles. The van der Waals surface area contributed by atoms with E-state index in [4.69, 9.17) is 5.26 Å². The molecule has 1 atom stereocenters. The van der Waals surface area contributed by atoms with Crippen LogP contribution in [0, 0.1) is 11.3 Å². The fraction of sp³-hybridized carbons (Fsp3) is 0.200. The Balaban J connectivity index is 2.08. The van der Waals surface area contributed by atoms with Crippen LogP contribution < -0.4 is 5.32 Å². The van der Waals surface area contributed by atoms with Crippen molar-refractivity contribution in [2.45, 2.75) is 22.8 Å². The quantitative estimate of drug-likeness (QED) is 0.845. The molecule has 5 heteroatoms. The highest BCUT2D eigenvalue weighted by atomic mass is 32.2. The van der Waals surface area contributed by atoms with Gasteiger partial charge in [-0.15, -0.1) is 23.1 Å². The van der Waals surface area contributed by atoms with Crippen LogP contribution in [0.4, 0.5) is 5.69 Å². The summed E-state index contributed by atoms with van der Waals surface area (Å²) in [4.78, 5) is 12.3. The number of para-hydroxylation sites is 1. The normalized spacial score (nSPS) is 11.6. The number of nitrogens with zero attached hydrogens (tertiary/aromatic N) is 1. The van der Waals surface area contributed by atoms with Crippen LogP contribution in [0.2, 0.25) is 0 Å². The summed E-state index contributed by atoms with van der Waals surface area (Å²) in [6.07, 6.45) is 0.739. The summed E-state index contributed by atoms with van der Waals surface area (Å²) in [6.45, 7) is 1.99. The van der Waals surface area contributed by atoms with E-state index in [2.05, 4.69) is 11.4 Å². The fourth-order valence-corrected chi connectivity index (χ4v) is 3.65. The molecule has 1 amide bonds. The number of rotatable bonds is 5. The molecule has 0 radical (unpaired) electrons. The number of benzene rings is 1. The maximum Gasteiger partial charge on any atom is 0.237 e. The van der Waals surface area contributed by atoms with E-state index in [0.717, 1.165) is 10.6 Å². The summed E-state index contributed by atoms with van der Waals surface area (Å²) >= 11 is 3.19. The second-order valence-electron chi connectivity index (χ2n) is 4.09. The highest BCUT2D eigenvalue weighted by molar-refractivity contribution is 8.02. The molecule has 1 unspecified atom stereocenters. The molecule has 2 rings (SSSR count). The third-order valence-electron chi connectivity index (χ3n) is 2.72. The number of thioether (sulfide) groups is 1. The monoisotopic (exact) mass is 302 g/mol. The van der Waals surface area contributed by atoms with Gasteiger partial charge in [-0.05, 0) is 30.0 Å². The summed E-state index contributed by atoms with van der Waals surface area (Å²) in [5.74, 6) is -0.0615. The van der Waals surface area contributed by atoms with Crippen LogP contribution in [0.1, 0.15) is 18.9 Å². The van der Waals surface area contributed by atoms with E-state index in [9.17, 15) is 4.79 Å². The minimum Gasteiger partial charge on any atom is -0.324 e. The Morgan fingerprint density at radius 1 is 1.40 bits per heavy atom. The topological polar surface area (TPSA) is 52.9 Å². The minimum atomic E-state index is -0.152. The van der Waals surface area contributed by atoms with Gasteiger partial charge in [0.15, 0.2) is 0 Å². The van der Waals surface area contributed by atoms with Crippen molar-refractivity contribution < 1.29 is 4.79 Å². The number of carbonyl (C=O) groups is 1.